The summed E-state index contributed by atoms with van der Waals surface area (Å²) in [6, 6.07) is 5.18. The summed E-state index contributed by atoms with van der Waals surface area (Å²) in [6.45, 7) is 0.911. The molecule has 1 fully saturated rings. The van der Waals surface area contributed by atoms with E-state index >= 15 is 0 Å². The van der Waals surface area contributed by atoms with Crippen LogP contribution in [0.3, 0.4) is 0 Å². The molecule has 3 N–H and O–H groups in total. The molecule has 0 saturated carbocycles. The fourth-order valence-electron chi connectivity index (χ4n) is 2.46. The zero-order valence-corrected chi connectivity index (χ0v) is 10.9. The highest BCUT2D eigenvalue weighted by atomic mass is 35.5. The lowest BCUT2D eigenvalue weighted by Crippen LogP contribution is -2.42. The fraction of sp³-hybridized carbons (Fsp3) is 0.462. The van der Waals surface area contributed by atoms with Crippen molar-refractivity contribution in [2.45, 2.75) is 25.3 Å². The molecule has 5 heteroatoms. The number of carbonyl (C=O) groups excluding carboxylic acids is 1. The van der Waals surface area contributed by atoms with Crippen LogP contribution in [-0.2, 0) is 0 Å². The molecule has 4 nitrogen and oxygen atoms in total. The van der Waals surface area contributed by atoms with Crippen LogP contribution in [0.4, 0.5) is 5.69 Å². The van der Waals surface area contributed by atoms with E-state index in [2.05, 4.69) is 4.90 Å². The number of hydrogen-bond acceptors (Lipinski definition) is 3. The van der Waals surface area contributed by atoms with E-state index in [9.17, 15) is 9.90 Å². The predicted octanol–water partition coefficient (Wildman–Crippen LogP) is 1.79. The van der Waals surface area contributed by atoms with Crippen LogP contribution in [-0.4, -0.2) is 30.2 Å². The summed E-state index contributed by atoms with van der Waals surface area (Å²) in [6.07, 6.45) is 3.08. The van der Waals surface area contributed by atoms with Crippen molar-refractivity contribution in [2.75, 3.05) is 18.1 Å². The summed E-state index contributed by atoms with van der Waals surface area (Å²) in [4.78, 5) is 13.5. The van der Waals surface area contributed by atoms with E-state index in [0.29, 0.717) is 10.6 Å². The van der Waals surface area contributed by atoms with Crippen molar-refractivity contribution in [3.05, 3.63) is 28.8 Å². The molecule has 1 heterocycles. The number of primary amides is 1. The van der Waals surface area contributed by atoms with Gasteiger partial charge in [0, 0.05) is 17.3 Å². The Labute approximate surface area is 111 Å². The van der Waals surface area contributed by atoms with Crippen molar-refractivity contribution >= 4 is 23.2 Å². The van der Waals surface area contributed by atoms with E-state index in [1.807, 2.05) is 0 Å². The molecule has 1 unspecified atom stereocenters. The number of benzene rings is 1. The molecule has 98 valence electrons. The van der Waals surface area contributed by atoms with E-state index in [0.717, 1.165) is 31.5 Å². The highest BCUT2D eigenvalue weighted by Gasteiger charge is 2.25. The Morgan fingerprint density at radius 2 is 2.28 bits per heavy atom. The third kappa shape index (κ3) is 2.60. The molecule has 0 bridgehead atoms. The Morgan fingerprint density at radius 3 is 2.94 bits per heavy atom. The largest absolute Gasteiger partial charge is 0.394 e. The van der Waals surface area contributed by atoms with Crippen LogP contribution >= 0.6 is 11.6 Å². The Bertz CT molecular complexity index is 451. The van der Waals surface area contributed by atoms with Gasteiger partial charge in [0.1, 0.15) is 0 Å². The quantitative estimate of drug-likeness (QED) is 0.878. The molecular formula is C13H17ClN2O2. The van der Waals surface area contributed by atoms with Crippen LogP contribution in [0.2, 0.25) is 5.02 Å². The highest BCUT2D eigenvalue weighted by Crippen LogP contribution is 2.29. The lowest BCUT2D eigenvalue weighted by atomic mass is 10.00. The number of anilines is 1. The average Bonchev–Trinajstić information content (AvgIpc) is 2.38. The van der Waals surface area contributed by atoms with Crippen LogP contribution in [0, 0.1) is 0 Å². The van der Waals surface area contributed by atoms with Crippen molar-refractivity contribution in [3.63, 3.8) is 0 Å². The molecule has 1 aromatic rings. The number of rotatable bonds is 3. The van der Waals surface area contributed by atoms with Gasteiger partial charge in [0.05, 0.1) is 18.2 Å². The SMILES string of the molecule is NC(=O)c1cc(Cl)ccc1N1CCCCC1CO. The number of hydrogen-bond donors (Lipinski definition) is 2. The maximum Gasteiger partial charge on any atom is 0.250 e. The first-order valence-corrected chi connectivity index (χ1v) is 6.48. The minimum atomic E-state index is -0.491. The van der Waals surface area contributed by atoms with E-state index in [4.69, 9.17) is 17.3 Å². The molecule has 0 spiro atoms. The van der Waals surface area contributed by atoms with E-state index < -0.39 is 5.91 Å². The summed E-state index contributed by atoms with van der Waals surface area (Å²) in [5, 5.41) is 9.91. The molecular weight excluding hydrogens is 252 g/mol. The van der Waals surface area contributed by atoms with Crippen molar-refractivity contribution in [3.8, 4) is 0 Å². The number of nitrogens with two attached hydrogens (primary N) is 1. The maximum atomic E-state index is 11.5. The zero-order valence-electron chi connectivity index (χ0n) is 10.1. The summed E-state index contributed by atoms with van der Waals surface area (Å²) >= 11 is 5.89. The minimum Gasteiger partial charge on any atom is -0.394 e. The molecule has 0 aliphatic carbocycles. The third-order valence-corrected chi connectivity index (χ3v) is 3.61. The topological polar surface area (TPSA) is 66.6 Å². The molecule has 1 aromatic carbocycles. The first kappa shape index (κ1) is 13.2. The Balaban J connectivity index is 2.39. The summed E-state index contributed by atoms with van der Waals surface area (Å²) in [5.41, 5.74) is 6.58. The molecule has 1 aliphatic heterocycles. The van der Waals surface area contributed by atoms with Crippen LogP contribution < -0.4 is 10.6 Å². The van der Waals surface area contributed by atoms with Gasteiger partial charge in [0.2, 0.25) is 0 Å². The van der Waals surface area contributed by atoms with Gasteiger partial charge in [-0.15, -0.1) is 0 Å². The number of aliphatic hydroxyl groups excluding tert-OH is 1. The molecule has 1 amide bonds. The lowest BCUT2D eigenvalue weighted by molar-refractivity contribution is 0.100. The molecule has 1 atom stereocenters. The molecule has 1 aliphatic rings. The smallest absolute Gasteiger partial charge is 0.250 e. The second-order valence-corrected chi connectivity index (χ2v) is 4.99. The summed E-state index contributed by atoms with van der Waals surface area (Å²) < 4.78 is 0. The monoisotopic (exact) mass is 268 g/mol. The normalized spacial score (nSPS) is 19.9. The van der Waals surface area contributed by atoms with Gasteiger partial charge in [-0.2, -0.15) is 0 Å². The van der Waals surface area contributed by atoms with Crippen LogP contribution in [0.25, 0.3) is 0 Å². The Hall–Kier alpha value is -1.26. The van der Waals surface area contributed by atoms with Crippen molar-refractivity contribution in [1.29, 1.82) is 0 Å². The van der Waals surface area contributed by atoms with Gasteiger partial charge in [-0.1, -0.05) is 11.6 Å². The Morgan fingerprint density at radius 1 is 1.50 bits per heavy atom. The minimum absolute atomic E-state index is 0.0537. The first-order valence-electron chi connectivity index (χ1n) is 6.10. The van der Waals surface area contributed by atoms with Crippen molar-refractivity contribution in [1.82, 2.24) is 0 Å². The van der Waals surface area contributed by atoms with E-state index in [1.54, 1.807) is 18.2 Å². The zero-order chi connectivity index (χ0) is 13.1. The predicted molar refractivity (Wildman–Crippen MR) is 72.0 cm³/mol. The number of nitrogens with zero attached hydrogens (tertiary/aromatic N) is 1. The van der Waals surface area contributed by atoms with Gasteiger partial charge in [-0.3, -0.25) is 4.79 Å². The van der Waals surface area contributed by atoms with Gasteiger partial charge in [-0.05, 0) is 37.5 Å². The summed E-state index contributed by atoms with van der Waals surface area (Å²) in [7, 11) is 0. The average molecular weight is 269 g/mol. The van der Waals surface area contributed by atoms with Crippen molar-refractivity contribution < 1.29 is 9.90 Å². The second kappa shape index (κ2) is 5.59. The maximum absolute atomic E-state index is 11.5. The first-order chi connectivity index (χ1) is 8.63. The van der Waals surface area contributed by atoms with Crippen LogP contribution in [0.15, 0.2) is 18.2 Å². The number of amides is 1. The molecule has 18 heavy (non-hydrogen) atoms. The molecule has 1 saturated heterocycles. The number of halogens is 1. The molecule has 2 rings (SSSR count). The number of carbonyl (C=O) groups is 1. The lowest BCUT2D eigenvalue weighted by Gasteiger charge is -2.37. The van der Waals surface area contributed by atoms with Gasteiger partial charge < -0.3 is 15.7 Å². The highest BCUT2D eigenvalue weighted by molar-refractivity contribution is 6.31. The second-order valence-electron chi connectivity index (χ2n) is 4.55. The van der Waals surface area contributed by atoms with Gasteiger partial charge in [0.25, 0.3) is 5.91 Å². The van der Waals surface area contributed by atoms with Gasteiger partial charge >= 0.3 is 0 Å². The number of piperidine rings is 1. The van der Waals surface area contributed by atoms with Crippen LogP contribution in [0.1, 0.15) is 29.6 Å². The van der Waals surface area contributed by atoms with E-state index in [-0.39, 0.29) is 12.6 Å². The molecule has 0 aromatic heterocycles. The molecule has 0 radical (unpaired) electrons. The number of aliphatic hydroxyl groups is 1. The van der Waals surface area contributed by atoms with Crippen LogP contribution in [0.5, 0.6) is 0 Å². The summed E-state index contributed by atoms with van der Waals surface area (Å²) in [5.74, 6) is -0.491. The van der Waals surface area contributed by atoms with Crippen molar-refractivity contribution in [2.24, 2.45) is 5.73 Å². The standard InChI is InChI=1S/C13H17ClN2O2/c14-9-4-5-12(11(7-9)13(15)18)16-6-2-1-3-10(16)8-17/h4-5,7,10,17H,1-3,6,8H2,(H2,15,18). The Kier molecular flexibility index (Phi) is 4.09. The van der Waals surface area contributed by atoms with E-state index in [1.165, 1.54) is 0 Å². The van der Waals surface area contributed by atoms with Gasteiger partial charge in [-0.25, -0.2) is 0 Å². The van der Waals surface area contributed by atoms with Gasteiger partial charge in [0.15, 0.2) is 0 Å². The third-order valence-electron chi connectivity index (χ3n) is 3.37. The fourth-order valence-corrected chi connectivity index (χ4v) is 2.64.